The largest absolute Gasteiger partial charge is 0.248 e. The molecule has 20 heteroatoms. The normalized spacial score (nSPS) is 11.7. The molecule has 0 saturated carbocycles. The van der Waals surface area contributed by atoms with Crippen molar-refractivity contribution in [1.29, 1.82) is 0 Å². The Bertz CT molecular complexity index is 5710. The highest BCUT2D eigenvalue weighted by atomic mass is 32.1. The monoisotopic (exact) mass is 1810 g/mol. The highest BCUT2D eigenvalue weighted by Gasteiger charge is 2.27. The zero-order chi connectivity index (χ0) is 82.8. The molecule has 16 aromatic rings. The first kappa shape index (κ1) is 90.0. The molecule has 630 valence electrons. The Balaban J connectivity index is 0.000000156. The van der Waals surface area contributed by atoms with E-state index >= 15 is 0 Å². The highest BCUT2D eigenvalue weighted by molar-refractivity contribution is 7.32. The van der Waals surface area contributed by atoms with Crippen LogP contribution >= 0.6 is 136 Å². The van der Waals surface area contributed by atoms with Crippen LogP contribution < -0.4 is 0 Å². The van der Waals surface area contributed by atoms with Crippen LogP contribution in [-0.4, -0.2) is 39.9 Å². The number of aryl methyl sites for hydroxylation is 8. The number of hydrogen-bond donors (Lipinski definition) is 0. The fourth-order valence-electron chi connectivity index (χ4n) is 15.9. The lowest BCUT2D eigenvalue weighted by Gasteiger charge is -2.07. The lowest BCUT2D eigenvalue weighted by molar-refractivity contribution is 0.573. The Kier molecular flexibility index (Phi) is 35.0. The second-order valence-corrected chi connectivity index (χ2v) is 43.9. The van der Waals surface area contributed by atoms with Crippen molar-refractivity contribution in [2.45, 2.75) is 287 Å². The first-order valence-electron chi connectivity index (χ1n) is 44.7. The third-order valence-electron chi connectivity index (χ3n) is 22.7. The molecule has 0 amide bonds. The van der Waals surface area contributed by atoms with Crippen LogP contribution in [0.3, 0.4) is 0 Å². The summed E-state index contributed by atoms with van der Waals surface area (Å²) >= 11 is 21.9. The van der Waals surface area contributed by atoms with Crippen LogP contribution in [0.1, 0.15) is 279 Å². The quantitative estimate of drug-likeness (QED) is 0.0348. The lowest BCUT2D eigenvalue weighted by atomic mass is 10.1. The number of hydrogen-bond acceptors (Lipinski definition) is 20. The summed E-state index contributed by atoms with van der Waals surface area (Å²) in [5, 5.41) is 12.9. The van der Waals surface area contributed by atoms with Gasteiger partial charge in [-0.15, -0.1) is 136 Å². The van der Waals surface area contributed by atoms with E-state index in [0.29, 0.717) is 0 Å². The van der Waals surface area contributed by atoms with Crippen LogP contribution in [-0.2, 0) is 25.7 Å². The molecule has 0 radical (unpaired) electrons. The van der Waals surface area contributed by atoms with Gasteiger partial charge in [0.25, 0.3) is 0 Å². The van der Waals surface area contributed by atoms with Gasteiger partial charge in [0.2, 0.25) is 0 Å². The summed E-state index contributed by atoms with van der Waals surface area (Å²) < 4.78 is 0. The second kappa shape index (κ2) is 46.6. The fraction of sp³-hybridized carbons (Fsp3) is 0.440. The maximum absolute atomic E-state index is 5.42. The van der Waals surface area contributed by atoms with Crippen molar-refractivity contribution in [3.63, 3.8) is 0 Å². The minimum atomic E-state index is 0.995. The van der Waals surface area contributed by atoms with Gasteiger partial charge in [0.05, 0.1) is 84.6 Å². The summed E-state index contributed by atoms with van der Waals surface area (Å²) in [5.41, 5.74) is 17.5. The fourth-order valence-corrected chi connectivity index (χ4v) is 28.1. The van der Waals surface area contributed by atoms with Gasteiger partial charge in [-0.1, -0.05) is 244 Å². The third kappa shape index (κ3) is 23.5. The standard InChI is InChI=1S/C46H56N4S5.C29H32N2S4.C25H30N2S3/c1-5-7-9-11-13-15-17-19-23-33-32(4)48-40-41(49-33)44(36-26-22-30-52-36)55-45(40)37-27-28-38(53-37)46-42-39(43(54-46)35-25-21-29-51-35)47-31(3)34(50-42)24-20-18-16-14-12-10-8-6-2;1-3-4-5-6-7-8-9-10-13-21-20(2)30-26-27(31-21)29(35-28(26)24-15-12-19-33-24)25-17-16-23(34-25)22-14-11-18-32-22;1-3-4-5-6-7-8-9-10-13-19-18(2)26-22-23(27-19)25(21-15-12-17-29-21)30-24(22)20-14-11-16-28-20/h21-22,25-30H,5-20,23-24H2,1-4H3;11-12,14-19H,3-10,13H2,1-2H3;11-12,14-17H,3-10,13H2,1-2H3. The first-order chi connectivity index (χ1) is 59.1. The van der Waals surface area contributed by atoms with Crippen molar-refractivity contribution in [3.05, 3.63) is 175 Å². The molecule has 120 heavy (non-hydrogen) atoms. The average Bonchev–Trinajstić information content (AvgIpc) is 1.61. The lowest BCUT2D eigenvalue weighted by Crippen LogP contribution is -1.99. The van der Waals surface area contributed by atoms with Crippen LogP contribution in [0.4, 0.5) is 0 Å². The van der Waals surface area contributed by atoms with Crippen LogP contribution in [0.25, 0.3) is 132 Å². The van der Waals surface area contributed by atoms with Crippen molar-refractivity contribution in [2.75, 3.05) is 0 Å². The highest BCUT2D eigenvalue weighted by Crippen LogP contribution is 2.53. The third-order valence-corrected chi connectivity index (χ3v) is 36.3. The van der Waals surface area contributed by atoms with E-state index in [9.17, 15) is 0 Å². The van der Waals surface area contributed by atoms with Crippen molar-refractivity contribution < 1.29 is 0 Å². The zero-order valence-corrected chi connectivity index (χ0v) is 81.4. The van der Waals surface area contributed by atoms with Gasteiger partial charge in [-0.2, -0.15) is 0 Å². The molecular formula is C100H118N8S12. The maximum atomic E-state index is 5.42. The minimum absolute atomic E-state index is 0.995. The van der Waals surface area contributed by atoms with Crippen molar-refractivity contribution in [1.82, 2.24) is 39.9 Å². The predicted octanol–water partition coefficient (Wildman–Crippen LogP) is 36.5. The average molecular weight is 1820 g/mol. The summed E-state index contributed by atoms with van der Waals surface area (Å²) in [4.78, 5) is 64.9. The molecule has 0 saturated heterocycles. The number of fused-ring (bicyclic) bond motifs is 4. The molecule has 0 bridgehead atoms. The van der Waals surface area contributed by atoms with Gasteiger partial charge in [-0.05, 0) is 172 Å². The molecule has 16 aromatic heterocycles. The Labute approximate surface area is 761 Å². The molecule has 0 N–H and O–H groups in total. The van der Waals surface area contributed by atoms with Crippen molar-refractivity contribution >= 4 is 180 Å². The van der Waals surface area contributed by atoms with Gasteiger partial charge in [-0.3, -0.25) is 0 Å². The summed E-state index contributed by atoms with van der Waals surface area (Å²) in [6.07, 6.45) is 46.6. The van der Waals surface area contributed by atoms with Gasteiger partial charge in [0.15, 0.2) is 0 Å². The van der Waals surface area contributed by atoms with Crippen molar-refractivity contribution in [3.8, 4) is 87.8 Å². The van der Waals surface area contributed by atoms with E-state index < -0.39 is 0 Å². The molecule has 0 atom stereocenters. The molecular weight excluding hydrogens is 1700 g/mol. The van der Waals surface area contributed by atoms with Gasteiger partial charge in [0.1, 0.15) is 44.1 Å². The number of unbranched alkanes of at least 4 members (excludes halogenated alkanes) is 28. The van der Waals surface area contributed by atoms with Gasteiger partial charge in [0, 0.05) is 48.8 Å². The number of nitrogens with zero attached hydrogens (tertiary/aromatic N) is 8. The van der Waals surface area contributed by atoms with Gasteiger partial charge >= 0.3 is 0 Å². The van der Waals surface area contributed by atoms with E-state index in [1.807, 2.05) is 68.0 Å². The summed E-state index contributed by atoms with van der Waals surface area (Å²) in [6, 6.07) is 35.2. The molecule has 0 aromatic carbocycles. The second-order valence-electron chi connectivity index (χ2n) is 31.9. The van der Waals surface area contributed by atoms with Crippen LogP contribution in [0, 0.1) is 27.7 Å². The number of aromatic nitrogens is 8. The zero-order valence-electron chi connectivity index (χ0n) is 71.6. The van der Waals surface area contributed by atoms with Gasteiger partial charge in [-0.25, -0.2) is 39.9 Å². The molecule has 8 nitrogen and oxygen atoms in total. The molecule has 16 rings (SSSR count). The van der Waals surface area contributed by atoms with E-state index in [2.05, 4.69) is 185 Å². The number of rotatable bonds is 45. The van der Waals surface area contributed by atoms with E-state index in [-0.39, 0.29) is 0 Å². The minimum Gasteiger partial charge on any atom is -0.248 e. The summed E-state index contributed by atoms with van der Waals surface area (Å²) in [7, 11) is 0. The molecule has 0 spiro atoms. The molecule has 0 aliphatic heterocycles. The summed E-state index contributed by atoms with van der Waals surface area (Å²) in [5.74, 6) is 0. The molecule has 0 unspecified atom stereocenters. The van der Waals surface area contributed by atoms with E-state index in [4.69, 9.17) is 39.9 Å². The van der Waals surface area contributed by atoms with Crippen LogP contribution in [0.15, 0.2) is 129 Å². The van der Waals surface area contributed by atoms with E-state index in [1.54, 1.807) is 68.0 Å². The van der Waals surface area contributed by atoms with Gasteiger partial charge < -0.3 is 0 Å². The van der Waals surface area contributed by atoms with E-state index in [1.165, 1.54) is 305 Å². The molecule has 16 heterocycles. The Hall–Kier alpha value is -6.24. The Morgan fingerprint density at radius 1 is 0.183 bits per heavy atom. The maximum Gasteiger partial charge on any atom is 0.109 e. The molecule has 0 aliphatic rings. The molecule has 0 fully saturated rings. The molecule has 0 aliphatic carbocycles. The van der Waals surface area contributed by atoms with Crippen molar-refractivity contribution in [2.24, 2.45) is 0 Å². The predicted molar refractivity (Wildman–Crippen MR) is 539 cm³/mol. The Morgan fingerprint density at radius 3 is 0.583 bits per heavy atom. The van der Waals surface area contributed by atoms with E-state index in [0.717, 1.165) is 104 Å². The first-order valence-corrected chi connectivity index (χ1v) is 54.9. The Morgan fingerprint density at radius 2 is 0.367 bits per heavy atom. The topological polar surface area (TPSA) is 103 Å². The smallest absolute Gasteiger partial charge is 0.109 e. The van der Waals surface area contributed by atoms with Crippen LogP contribution in [0.2, 0.25) is 0 Å². The number of thiophene rings is 12. The van der Waals surface area contributed by atoms with Crippen LogP contribution in [0.5, 0.6) is 0 Å². The SMILES string of the molecule is CCCCCCCCCCc1nc2c(-c3ccc(-c4cccs4)s3)sc(-c3cccs3)c2nc1C.CCCCCCCCCCc1nc2c(-c3cccs3)sc(-c3ccc(-c4sc(-c5cccs5)c5nc(C)c(CCCCCCCCCC)nc45)s3)c2nc1C.CCCCCCCCCCc1nc2c(-c3cccs3)sc(-c3cccs3)c2nc1C. The summed E-state index contributed by atoms with van der Waals surface area (Å²) in [6.45, 7) is 17.7.